The van der Waals surface area contributed by atoms with Gasteiger partial charge in [0.25, 0.3) is 0 Å². The number of allylic oxidation sites excluding steroid dienone is 1. The van der Waals surface area contributed by atoms with E-state index >= 15 is 0 Å². The average Bonchev–Trinajstić information content (AvgIpc) is 2.92. The smallest absolute Gasteiger partial charge is 0.157 e. The van der Waals surface area contributed by atoms with E-state index in [1.807, 2.05) is 6.08 Å². The summed E-state index contributed by atoms with van der Waals surface area (Å²) in [7, 11) is 0. The lowest BCUT2D eigenvalue weighted by Crippen LogP contribution is -2.50. The Morgan fingerprint density at radius 1 is 1.05 bits per heavy atom. The number of hydrogen-bond acceptors (Lipinski definition) is 3. The van der Waals surface area contributed by atoms with Crippen molar-refractivity contribution in [1.82, 2.24) is 0 Å². The van der Waals surface area contributed by atoms with Crippen LogP contribution in [0.25, 0.3) is 0 Å². The number of hydrogen-bond donors (Lipinski definition) is 2. The van der Waals surface area contributed by atoms with Crippen LogP contribution in [-0.4, -0.2) is 22.3 Å². The third kappa shape index (κ3) is 1.97. The maximum Gasteiger partial charge on any atom is 0.157 e. The van der Waals surface area contributed by atoms with Crippen LogP contribution >= 0.6 is 0 Å². The van der Waals surface area contributed by atoms with Crippen LogP contribution in [0.3, 0.4) is 0 Å². The number of rotatable bonds is 1. The van der Waals surface area contributed by atoms with Gasteiger partial charge in [-0.1, -0.05) is 12.0 Å². The molecule has 0 aromatic carbocycles. The molecule has 0 spiro atoms. The summed E-state index contributed by atoms with van der Waals surface area (Å²) in [5.41, 5.74) is 1.19. The number of carbonyl (C=O) groups excluding carboxylic acids is 1. The molecule has 0 radical (unpaired) electrons. The first-order valence-corrected chi connectivity index (χ1v) is 8.71. The van der Waals surface area contributed by atoms with Crippen LogP contribution in [0.5, 0.6) is 0 Å². The summed E-state index contributed by atoms with van der Waals surface area (Å²) in [6.45, 7) is 0. The van der Waals surface area contributed by atoms with Gasteiger partial charge in [0.1, 0.15) is 0 Å². The predicted octanol–water partition coefficient (Wildman–Crippen LogP) is 2.81. The van der Waals surface area contributed by atoms with E-state index in [2.05, 4.69) is 0 Å². The Labute approximate surface area is 126 Å². The third-order valence-corrected chi connectivity index (χ3v) is 7.23. The number of carbonyl (C=O) groups is 1. The molecule has 2 N–H and O–H groups in total. The fraction of sp³-hybridized carbons (Fsp3) is 0.833. The van der Waals surface area contributed by atoms with Crippen LogP contribution in [0.4, 0.5) is 0 Å². The van der Waals surface area contributed by atoms with Crippen molar-refractivity contribution in [3.05, 3.63) is 11.6 Å². The first-order chi connectivity index (χ1) is 10.1. The molecule has 0 bridgehead atoms. The van der Waals surface area contributed by atoms with Crippen molar-refractivity contribution < 1.29 is 15.0 Å². The van der Waals surface area contributed by atoms with E-state index < -0.39 is 6.29 Å². The molecule has 4 aliphatic carbocycles. The van der Waals surface area contributed by atoms with Crippen molar-refractivity contribution in [3.8, 4) is 0 Å². The summed E-state index contributed by atoms with van der Waals surface area (Å²) in [6, 6.07) is 0. The third-order valence-electron chi connectivity index (χ3n) is 7.23. The average molecular weight is 290 g/mol. The topological polar surface area (TPSA) is 57.5 Å². The largest absolute Gasteiger partial charge is 0.368 e. The van der Waals surface area contributed by atoms with E-state index in [-0.39, 0.29) is 5.41 Å². The highest BCUT2D eigenvalue weighted by molar-refractivity contribution is 5.91. The number of fused-ring (bicyclic) bond motifs is 5. The van der Waals surface area contributed by atoms with Gasteiger partial charge in [0, 0.05) is 11.8 Å². The Hall–Kier alpha value is -0.670. The standard InChI is InChI=1S/C18H26O3/c19-12-4-6-13-11(10-12)3-5-15-14(13)7-9-18(17(20)21)8-1-2-16(15)18/h10,13-17,20-21H,1-9H2/t13-,14+,15+,16-,18+/m0/s1. The second-order valence-electron chi connectivity index (χ2n) is 7.84. The molecule has 0 aromatic heterocycles. The summed E-state index contributed by atoms with van der Waals surface area (Å²) < 4.78 is 0. The fourth-order valence-electron chi connectivity index (χ4n) is 6.34. The van der Waals surface area contributed by atoms with Gasteiger partial charge in [-0.05, 0) is 74.7 Å². The molecule has 4 rings (SSSR count). The normalized spacial score (nSPS) is 45.9. The van der Waals surface area contributed by atoms with E-state index in [0.717, 1.165) is 51.4 Å². The molecule has 5 atom stereocenters. The molecule has 21 heavy (non-hydrogen) atoms. The Kier molecular flexibility index (Phi) is 3.27. The summed E-state index contributed by atoms with van der Waals surface area (Å²) in [6.07, 6.45) is 10.2. The molecule has 3 nitrogen and oxygen atoms in total. The van der Waals surface area contributed by atoms with E-state index in [4.69, 9.17) is 0 Å². The minimum atomic E-state index is -1.14. The molecular formula is C18H26O3. The van der Waals surface area contributed by atoms with Crippen molar-refractivity contribution in [2.24, 2.45) is 29.1 Å². The zero-order valence-corrected chi connectivity index (χ0v) is 12.6. The summed E-state index contributed by atoms with van der Waals surface area (Å²) in [5, 5.41) is 20.0. The maximum atomic E-state index is 11.7. The van der Waals surface area contributed by atoms with Crippen LogP contribution in [-0.2, 0) is 4.79 Å². The van der Waals surface area contributed by atoms with E-state index in [0.29, 0.717) is 29.5 Å². The van der Waals surface area contributed by atoms with Crippen LogP contribution in [0, 0.1) is 29.1 Å². The van der Waals surface area contributed by atoms with Gasteiger partial charge < -0.3 is 10.2 Å². The van der Waals surface area contributed by atoms with Crippen LogP contribution < -0.4 is 0 Å². The SMILES string of the molecule is O=C1C=C2CC[C@@H]3[C@H](CC[C@]4(C(O)O)CCC[C@@H]34)[C@H]2CC1. The quantitative estimate of drug-likeness (QED) is 0.730. The lowest BCUT2D eigenvalue weighted by Gasteiger charge is -2.54. The molecular weight excluding hydrogens is 264 g/mol. The van der Waals surface area contributed by atoms with Gasteiger partial charge in [-0.15, -0.1) is 0 Å². The van der Waals surface area contributed by atoms with Crippen molar-refractivity contribution in [2.75, 3.05) is 0 Å². The highest BCUT2D eigenvalue weighted by Gasteiger charge is 2.57. The molecule has 0 unspecified atom stereocenters. The Balaban J connectivity index is 1.63. The van der Waals surface area contributed by atoms with Gasteiger partial charge in [0.2, 0.25) is 0 Å². The van der Waals surface area contributed by atoms with Crippen LogP contribution in [0.2, 0.25) is 0 Å². The molecule has 0 saturated heterocycles. The van der Waals surface area contributed by atoms with Gasteiger partial charge in [-0.3, -0.25) is 4.79 Å². The van der Waals surface area contributed by atoms with Crippen molar-refractivity contribution >= 4 is 5.78 Å². The Morgan fingerprint density at radius 3 is 2.71 bits per heavy atom. The summed E-state index contributed by atoms with van der Waals surface area (Å²) >= 11 is 0. The van der Waals surface area contributed by atoms with Gasteiger partial charge in [-0.25, -0.2) is 0 Å². The highest BCUT2D eigenvalue weighted by atomic mass is 16.5. The molecule has 0 aromatic rings. The van der Waals surface area contributed by atoms with Gasteiger partial charge in [0.15, 0.2) is 12.1 Å². The molecule has 4 aliphatic rings. The number of ketones is 1. The molecule has 0 heterocycles. The molecule has 0 aliphatic heterocycles. The second kappa shape index (κ2) is 4.92. The minimum Gasteiger partial charge on any atom is -0.368 e. The zero-order chi connectivity index (χ0) is 14.6. The monoisotopic (exact) mass is 290 g/mol. The van der Waals surface area contributed by atoms with Crippen molar-refractivity contribution in [1.29, 1.82) is 0 Å². The molecule has 116 valence electrons. The first-order valence-electron chi connectivity index (χ1n) is 8.71. The maximum absolute atomic E-state index is 11.7. The second-order valence-corrected chi connectivity index (χ2v) is 7.84. The zero-order valence-electron chi connectivity index (χ0n) is 12.6. The van der Waals surface area contributed by atoms with Crippen molar-refractivity contribution in [2.45, 2.75) is 64.1 Å². The number of aliphatic hydroxyl groups excluding tert-OH is 1. The fourth-order valence-corrected chi connectivity index (χ4v) is 6.34. The Morgan fingerprint density at radius 2 is 1.90 bits per heavy atom. The molecule has 3 saturated carbocycles. The van der Waals surface area contributed by atoms with Crippen molar-refractivity contribution in [3.63, 3.8) is 0 Å². The van der Waals surface area contributed by atoms with E-state index in [1.54, 1.807) is 0 Å². The number of aliphatic hydroxyl groups is 2. The predicted molar refractivity (Wildman–Crippen MR) is 79.3 cm³/mol. The van der Waals surface area contributed by atoms with E-state index in [1.165, 1.54) is 12.0 Å². The van der Waals surface area contributed by atoms with Crippen LogP contribution in [0.15, 0.2) is 11.6 Å². The van der Waals surface area contributed by atoms with Gasteiger partial charge in [-0.2, -0.15) is 0 Å². The van der Waals surface area contributed by atoms with Gasteiger partial charge in [0.05, 0.1) is 0 Å². The lowest BCUT2D eigenvalue weighted by molar-refractivity contribution is -0.184. The highest BCUT2D eigenvalue weighted by Crippen LogP contribution is 2.62. The molecule has 3 fully saturated rings. The molecule has 3 heteroatoms. The van der Waals surface area contributed by atoms with Crippen LogP contribution in [0.1, 0.15) is 57.8 Å². The first kappa shape index (κ1) is 14.0. The Bertz CT molecular complexity index is 481. The molecule has 0 amide bonds. The van der Waals surface area contributed by atoms with E-state index in [9.17, 15) is 15.0 Å². The van der Waals surface area contributed by atoms with Gasteiger partial charge >= 0.3 is 0 Å². The summed E-state index contributed by atoms with van der Waals surface area (Å²) in [4.78, 5) is 11.7. The summed E-state index contributed by atoms with van der Waals surface area (Å²) in [5.74, 6) is 2.76. The minimum absolute atomic E-state index is 0.215. The lowest BCUT2D eigenvalue weighted by atomic mass is 9.52.